The minimum Gasteiger partial charge on any atom is -0.506 e. The molecule has 0 saturated heterocycles. The summed E-state index contributed by atoms with van der Waals surface area (Å²) in [6.45, 7) is 54.9. The molecule has 0 radical (unpaired) electrons. The molecule has 6 aromatic carbocycles. The number of halogens is 2. The SMILES string of the molecule is CC(C)(C)c1cc(P(c2cc(C(C)(C)C)cc(C(C)(C)C)c2)c2ccc(Cl)c(O)c2-c2c(P(c3cc(C(C)(C)C)cc(C(C)(C)C)c3)c3cc(C(C)(C)C)cc(C(C)(C)C)c3)ccc(Cl)c2O)cc(C(C)(C)C)c1. The monoisotopic (exact) mass is 1070 g/mol. The van der Waals surface area contributed by atoms with Gasteiger partial charge in [-0.2, -0.15) is 0 Å². The molecule has 0 bridgehead atoms. The van der Waals surface area contributed by atoms with Gasteiger partial charge in [0.25, 0.3) is 0 Å². The number of phenols is 2. The second-order valence-corrected chi connectivity index (χ2v) is 34.5. The molecule has 0 spiro atoms. The lowest BCUT2D eigenvalue weighted by atomic mass is 9.81. The van der Waals surface area contributed by atoms with Crippen molar-refractivity contribution in [1.82, 2.24) is 0 Å². The van der Waals surface area contributed by atoms with Crippen LogP contribution in [0, 0.1) is 0 Å². The molecular formula is C68H90Cl2O2P2. The van der Waals surface area contributed by atoms with E-state index in [0.29, 0.717) is 11.1 Å². The van der Waals surface area contributed by atoms with E-state index in [1.54, 1.807) is 0 Å². The third kappa shape index (κ3) is 13.0. The molecule has 0 aliphatic heterocycles. The zero-order valence-electron chi connectivity index (χ0n) is 49.8. The lowest BCUT2D eigenvalue weighted by Gasteiger charge is -2.33. The van der Waals surface area contributed by atoms with Gasteiger partial charge in [-0.3, -0.25) is 0 Å². The van der Waals surface area contributed by atoms with Crippen molar-refractivity contribution in [2.45, 2.75) is 209 Å². The molecule has 0 heterocycles. The lowest BCUT2D eigenvalue weighted by molar-refractivity contribution is 0.470. The highest BCUT2D eigenvalue weighted by Crippen LogP contribution is 2.52. The van der Waals surface area contributed by atoms with Gasteiger partial charge in [0, 0.05) is 11.1 Å². The fraction of sp³-hybridized carbons (Fsp3) is 0.471. The van der Waals surface area contributed by atoms with Crippen molar-refractivity contribution >= 4 is 70.9 Å². The van der Waals surface area contributed by atoms with Gasteiger partial charge in [0.05, 0.1) is 10.0 Å². The Morgan fingerprint density at radius 1 is 0.270 bits per heavy atom. The van der Waals surface area contributed by atoms with Crippen LogP contribution in [0.4, 0.5) is 0 Å². The third-order valence-electron chi connectivity index (χ3n) is 14.6. The van der Waals surface area contributed by atoms with Crippen LogP contribution < -0.4 is 31.8 Å². The fourth-order valence-electron chi connectivity index (χ4n) is 9.26. The van der Waals surface area contributed by atoms with Gasteiger partial charge in [0.1, 0.15) is 11.5 Å². The van der Waals surface area contributed by atoms with Gasteiger partial charge < -0.3 is 10.2 Å². The van der Waals surface area contributed by atoms with Gasteiger partial charge in [-0.25, -0.2) is 0 Å². The summed E-state index contributed by atoms with van der Waals surface area (Å²) >= 11 is 14.5. The predicted molar refractivity (Wildman–Crippen MR) is 332 cm³/mol. The second-order valence-electron chi connectivity index (χ2n) is 29.3. The van der Waals surface area contributed by atoms with Crippen molar-refractivity contribution in [1.29, 1.82) is 0 Å². The molecule has 0 aromatic heterocycles. The second kappa shape index (κ2) is 20.3. The van der Waals surface area contributed by atoms with Crippen molar-refractivity contribution < 1.29 is 10.2 Å². The van der Waals surface area contributed by atoms with E-state index in [0.717, 1.165) is 31.8 Å². The Labute approximate surface area is 462 Å². The molecule has 0 amide bonds. The predicted octanol–water partition coefficient (Wildman–Crippen LogP) is 18.0. The van der Waals surface area contributed by atoms with E-state index in [2.05, 4.69) is 251 Å². The molecule has 6 aromatic rings. The number of rotatable bonds is 7. The third-order valence-corrected chi connectivity index (χ3v) is 20.0. The zero-order valence-corrected chi connectivity index (χ0v) is 53.1. The summed E-state index contributed by atoms with van der Waals surface area (Å²) in [5, 5.41) is 33.1. The van der Waals surface area contributed by atoms with E-state index in [4.69, 9.17) is 23.2 Å². The van der Waals surface area contributed by atoms with Gasteiger partial charge in [-0.1, -0.05) is 274 Å². The van der Waals surface area contributed by atoms with Crippen LogP contribution in [0.1, 0.15) is 211 Å². The Kier molecular flexibility index (Phi) is 16.4. The summed E-state index contributed by atoms with van der Waals surface area (Å²) in [5.74, 6) is -0.150. The highest BCUT2D eigenvalue weighted by Gasteiger charge is 2.36. The Bertz CT molecular complexity index is 2580. The summed E-state index contributed by atoms with van der Waals surface area (Å²) in [7, 11) is -2.97. The van der Waals surface area contributed by atoms with Crippen molar-refractivity contribution in [3.05, 3.63) is 152 Å². The normalized spacial score (nSPS) is 13.6. The maximum Gasteiger partial charge on any atom is 0.142 e. The van der Waals surface area contributed by atoms with Gasteiger partial charge in [0.2, 0.25) is 0 Å². The Morgan fingerprint density at radius 3 is 0.581 bits per heavy atom. The van der Waals surface area contributed by atoms with Crippen molar-refractivity contribution in [2.24, 2.45) is 0 Å². The Morgan fingerprint density at radius 2 is 0.432 bits per heavy atom. The average Bonchev–Trinajstić information content (AvgIpc) is 3.24. The number of hydrogen-bond acceptors (Lipinski definition) is 2. The Balaban J connectivity index is 1.93. The fourth-order valence-corrected chi connectivity index (χ4v) is 14.8. The maximum absolute atomic E-state index is 13.1. The van der Waals surface area contributed by atoms with Crippen LogP contribution in [0.15, 0.2) is 97.1 Å². The van der Waals surface area contributed by atoms with E-state index in [1.165, 1.54) is 44.5 Å². The molecule has 0 aliphatic carbocycles. The highest BCUT2D eigenvalue weighted by atomic mass is 35.5. The molecule has 0 fully saturated rings. The smallest absolute Gasteiger partial charge is 0.142 e. The molecule has 6 rings (SSSR count). The van der Waals surface area contributed by atoms with Crippen LogP contribution in [0.3, 0.4) is 0 Å². The standard InChI is InChI=1S/C68H90Cl2O2P2/c1-61(2,3)41-29-42(62(4,5)6)34-49(33-41)73(50-35-43(63(7,8)9)30-44(36-50)64(10,11)12)55-27-25-53(69)59(71)57(55)58-56(28-26-54(70)60(58)72)74(51-37-45(65(13,14)15)31-46(38-51)66(16,17)18)52-39-47(67(19,20)21)32-48(40-52)68(22,23)24/h25-40,71-72H,1-24H3. The summed E-state index contributed by atoms with van der Waals surface area (Å²) in [6, 6.07) is 36.7. The summed E-state index contributed by atoms with van der Waals surface area (Å²) in [5.41, 5.74) is 9.63. The Hall–Kier alpha value is -3.64. The molecule has 74 heavy (non-hydrogen) atoms. The molecule has 0 atom stereocenters. The van der Waals surface area contributed by atoms with E-state index < -0.39 is 15.8 Å². The number of hydrogen-bond donors (Lipinski definition) is 2. The number of benzene rings is 6. The van der Waals surface area contributed by atoms with Crippen LogP contribution in [-0.2, 0) is 43.3 Å². The lowest BCUT2D eigenvalue weighted by Crippen LogP contribution is -2.30. The van der Waals surface area contributed by atoms with Crippen LogP contribution in [0.25, 0.3) is 11.1 Å². The van der Waals surface area contributed by atoms with Crippen LogP contribution in [0.5, 0.6) is 11.5 Å². The molecule has 0 unspecified atom stereocenters. The summed E-state index contributed by atoms with van der Waals surface area (Å²) in [4.78, 5) is 0. The van der Waals surface area contributed by atoms with Gasteiger partial charge in [-0.15, -0.1) is 0 Å². The molecule has 6 heteroatoms. The topological polar surface area (TPSA) is 40.5 Å². The van der Waals surface area contributed by atoms with Gasteiger partial charge in [0.15, 0.2) is 0 Å². The van der Waals surface area contributed by atoms with Gasteiger partial charge >= 0.3 is 0 Å². The van der Waals surface area contributed by atoms with Crippen LogP contribution >= 0.6 is 39.0 Å². The molecule has 2 N–H and O–H groups in total. The van der Waals surface area contributed by atoms with E-state index in [1.807, 2.05) is 12.1 Å². The minimum atomic E-state index is -1.48. The van der Waals surface area contributed by atoms with Gasteiger partial charge in [-0.05, 0) is 148 Å². The largest absolute Gasteiger partial charge is 0.506 e. The molecular weight excluding hydrogens is 982 g/mol. The molecule has 398 valence electrons. The maximum atomic E-state index is 13.1. The van der Waals surface area contributed by atoms with Crippen molar-refractivity contribution in [3.8, 4) is 22.6 Å². The first-order valence-electron chi connectivity index (χ1n) is 26.7. The zero-order chi connectivity index (χ0) is 56.0. The average molecular weight is 1070 g/mol. The molecule has 0 aliphatic rings. The quantitative estimate of drug-likeness (QED) is 0.156. The van der Waals surface area contributed by atoms with E-state index in [-0.39, 0.29) is 64.9 Å². The first kappa shape index (κ1) is 59.6. The minimum absolute atomic E-state index is 0.0749. The number of aromatic hydroxyl groups is 2. The van der Waals surface area contributed by atoms with E-state index in [9.17, 15) is 10.2 Å². The summed E-state index contributed by atoms with van der Waals surface area (Å²) in [6.07, 6.45) is 0. The van der Waals surface area contributed by atoms with Crippen LogP contribution in [0.2, 0.25) is 10.0 Å². The highest BCUT2D eigenvalue weighted by molar-refractivity contribution is 7.80. The number of phenolic OH excluding ortho intramolecular Hbond substituents is 2. The summed E-state index contributed by atoms with van der Waals surface area (Å²) < 4.78 is 0. The molecule has 2 nitrogen and oxygen atoms in total. The van der Waals surface area contributed by atoms with E-state index >= 15 is 0 Å². The molecule has 0 saturated carbocycles. The van der Waals surface area contributed by atoms with Crippen molar-refractivity contribution in [3.63, 3.8) is 0 Å². The first-order chi connectivity index (χ1) is 33.4. The first-order valence-corrected chi connectivity index (χ1v) is 30.1. The van der Waals surface area contributed by atoms with Crippen LogP contribution in [-0.4, -0.2) is 10.2 Å². The van der Waals surface area contributed by atoms with Crippen molar-refractivity contribution in [2.75, 3.05) is 0 Å².